The van der Waals surface area contributed by atoms with Crippen LogP contribution in [0.25, 0.3) is 0 Å². The van der Waals surface area contributed by atoms with E-state index in [1.807, 2.05) is 17.0 Å². The molecule has 0 spiro atoms. The molecule has 3 unspecified atom stereocenters. The monoisotopic (exact) mass is 710 g/mol. The zero-order valence-corrected chi connectivity index (χ0v) is 30.0. The van der Waals surface area contributed by atoms with Crippen LogP contribution in [0.1, 0.15) is 56.1 Å². The first-order valence-electron chi connectivity index (χ1n) is 16.9. The van der Waals surface area contributed by atoms with E-state index >= 15 is 0 Å². The number of ether oxygens (including phenoxy) is 3. The van der Waals surface area contributed by atoms with Crippen LogP contribution >= 0.6 is 23.2 Å². The van der Waals surface area contributed by atoms with Gasteiger partial charge in [-0.05, 0) is 50.8 Å². The van der Waals surface area contributed by atoms with Gasteiger partial charge in [0.25, 0.3) is 0 Å². The molecule has 4 aliphatic heterocycles. The van der Waals surface area contributed by atoms with Crippen molar-refractivity contribution in [3.8, 4) is 5.75 Å². The lowest BCUT2D eigenvalue weighted by molar-refractivity contribution is -0.137. The zero-order chi connectivity index (χ0) is 34.8. The standard InChI is InChI=1S/C37H44Cl2N4O6/c1-22-32(36(45)48-3)35(33-27(38)9-7-10-28(33)39)34(37(46)49-4)29(40-22)20-31(44)42-16-14-41(15-17-42)26-18-24-12-13-25(19-26)43(24)21-23-8-5-6-11-30(23)47-2/h5-11,24-26,35,40H,12-21H2,1-4H3. The summed E-state index contributed by atoms with van der Waals surface area (Å²) in [6.45, 7) is 5.39. The average Bonchev–Trinajstić information content (AvgIpc) is 3.32. The van der Waals surface area contributed by atoms with Crippen molar-refractivity contribution >= 4 is 41.0 Å². The molecule has 3 fully saturated rings. The Balaban J connectivity index is 1.15. The number of nitrogens with zero attached hydrogens (tertiary/aromatic N) is 3. The molecule has 10 nitrogen and oxygen atoms in total. The van der Waals surface area contributed by atoms with Gasteiger partial charge in [0.1, 0.15) is 5.75 Å². The summed E-state index contributed by atoms with van der Waals surface area (Å²) < 4.78 is 15.9. The molecule has 2 aromatic carbocycles. The highest BCUT2D eigenvalue weighted by Gasteiger charge is 2.44. The first kappa shape index (κ1) is 35.3. The van der Waals surface area contributed by atoms with Crippen molar-refractivity contribution < 1.29 is 28.6 Å². The van der Waals surface area contributed by atoms with Gasteiger partial charge in [-0.1, -0.05) is 47.5 Å². The highest BCUT2D eigenvalue weighted by atomic mass is 35.5. The summed E-state index contributed by atoms with van der Waals surface area (Å²) in [5, 5.41) is 3.71. The van der Waals surface area contributed by atoms with Gasteiger partial charge in [0.15, 0.2) is 0 Å². The first-order chi connectivity index (χ1) is 23.6. The number of dihydropyridines is 1. The van der Waals surface area contributed by atoms with Gasteiger partial charge in [0.2, 0.25) is 5.91 Å². The Morgan fingerprint density at radius 1 is 0.816 bits per heavy atom. The van der Waals surface area contributed by atoms with Crippen LogP contribution < -0.4 is 10.1 Å². The molecular weight excluding hydrogens is 667 g/mol. The number of halogens is 2. The maximum absolute atomic E-state index is 13.8. The van der Waals surface area contributed by atoms with Crippen molar-refractivity contribution in [2.75, 3.05) is 47.5 Å². The minimum atomic E-state index is -0.994. The third-order valence-electron chi connectivity index (χ3n) is 10.7. The molecule has 1 amide bonds. The van der Waals surface area contributed by atoms with E-state index in [-0.39, 0.29) is 33.5 Å². The molecule has 2 bridgehead atoms. The predicted molar refractivity (Wildman–Crippen MR) is 187 cm³/mol. The second-order valence-electron chi connectivity index (χ2n) is 13.2. The van der Waals surface area contributed by atoms with Crippen LogP contribution in [0, 0.1) is 0 Å². The van der Waals surface area contributed by atoms with Crippen molar-refractivity contribution in [3.05, 3.63) is 86.2 Å². The van der Waals surface area contributed by atoms with Crippen LogP contribution in [-0.2, 0) is 30.4 Å². The van der Waals surface area contributed by atoms with E-state index < -0.39 is 17.9 Å². The molecule has 2 aromatic rings. The molecule has 262 valence electrons. The predicted octanol–water partition coefficient (Wildman–Crippen LogP) is 5.29. The number of methoxy groups -OCH3 is 3. The Kier molecular flexibility index (Phi) is 10.9. The number of benzene rings is 2. The second kappa shape index (κ2) is 15.1. The van der Waals surface area contributed by atoms with Gasteiger partial charge >= 0.3 is 11.9 Å². The maximum Gasteiger partial charge on any atom is 0.336 e. The molecule has 4 heterocycles. The molecule has 3 saturated heterocycles. The first-order valence-corrected chi connectivity index (χ1v) is 17.6. The highest BCUT2D eigenvalue weighted by Crippen LogP contribution is 2.45. The average molecular weight is 712 g/mol. The number of rotatable bonds is 9. The number of carbonyl (C=O) groups excluding carboxylic acids is 3. The Bertz CT molecular complexity index is 1640. The minimum Gasteiger partial charge on any atom is -0.496 e. The van der Waals surface area contributed by atoms with Gasteiger partial charge in [0, 0.05) is 83.4 Å². The number of hydrogen-bond acceptors (Lipinski definition) is 9. The summed E-state index contributed by atoms with van der Waals surface area (Å²) >= 11 is 13.3. The lowest BCUT2D eigenvalue weighted by Crippen LogP contribution is -2.56. The summed E-state index contributed by atoms with van der Waals surface area (Å²) in [7, 11) is 4.26. The number of amides is 1. The van der Waals surface area contributed by atoms with Crippen molar-refractivity contribution in [2.24, 2.45) is 0 Å². The van der Waals surface area contributed by atoms with E-state index in [4.69, 9.17) is 37.4 Å². The largest absolute Gasteiger partial charge is 0.496 e. The van der Waals surface area contributed by atoms with Crippen LogP contribution in [0.15, 0.2) is 65.0 Å². The Hall–Kier alpha value is -3.57. The normalized spacial score (nSPS) is 24.5. The minimum absolute atomic E-state index is 0.0831. The van der Waals surface area contributed by atoms with Crippen LogP contribution in [0.3, 0.4) is 0 Å². The third kappa shape index (κ3) is 7.06. The lowest BCUT2D eigenvalue weighted by atomic mass is 9.79. The number of piperazine rings is 1. The van der Waals surface area contributed by atoms with Gasteiger partial charge in [-0.2, -0.15) is 0 Å². The molecule has 6 rings (SSSR count). The molecular formula is C37H44Cl2N4O6. The summed E-state index contributed by atoms with van der Waals surface area (Å²) in [5.41, 5.74) is 2.67. The Morgan fingerprint density at radius 3 is 2.04 bits per heavy atom. The van der Waals surface area contributed by atoms with E-state index in [0.717, 1.165) is 38.2 Å². The molecule has 0 aromatic heterocycles. The molecule has 1 N–H and O–H groups in total. The summed E-state index contributed by atoms with van der Waals surface area (Å²) in [6.07, 6.45) is 4.59. The summed E-state index contributed by atoms with van der Waals surface area (Å²) in [6, 6.07) is 14.8. The van der Waals surface area contributed by atoms with Gasteiger partial charge in [-0.3, -0.25) is 14.6 Å². The van der Waals surface area contributed by atoms with E-state index in [2.05, 4.69) is 27.2 Å². The van der Waals surface area contributed by atoms with Crippen LogP contribution in [0.2, 0.25) is 10.0 Å². The van der Waals surface area contributed by atoms with Gasteiger partial charge in [-0.15, -0.1) is 0 Å². The fourth-order valence-electron chi connectivity index (χ4n) is 8.27. The van der Waals surface area contributed by atoms with Crippen molar-refractivity contribution in [1.82, 2.24) is 20.0 Å². The molecule has 0 aliphatic carbocycles. The fourth-order valence-corrected chi connectivity index (χ4v) is 8.89. The summed E-state index contributed by atoms with van der Waals surface area (Å²) in [4.78, 5) is 47.4. The number of piperidine rings is 1. The Labute approximate surface area is 297 Å². The van der Waals surface area contributed by atoms with E-state index in [1.165, 1.54) is 32.6 Å². The number of fused-ring (bicyclic) bond motifs is 2. The van der Waals surface area contributed by atoms with Gasteiger partial charge in [0.05, 0.1) is 44.8 Å². The quantitative estimate of drug-likeness (QED) is 0.348. The Morgan fingerprint density at radius 2 is 1.43 bits per heavy atom. The summed E-state index contributed by atoms with van der Waals surface area (Å²) in [5.74, 6) is -1.50. The van der Waals surface area contributed by atoms with E-state index in [9.17, 15) is 14.4 Å². The number of carbonyl (C=O) groups is 3. The molecule has 12 heteroatoms. The van der Waals surface area contributed by atoms with Crippen LogP contribution in [0.4, 0.5) is 0 Å². The lowest BCUT2D eigenvalue weighted by Gasteiger charge is -2.46. The number of allylic oxidation sites excluding steroid dienone is 1. The van der Waals surface area contributed by atoms with Crippen molar-refractivity contribution in [3.63, 3.8) is 0 Å². The number of nitrogens with one attached hydrogen (secondary N) is 1. The number of esters is 2. The van der Waals surface area contributed by atoms with Crippen LogP contribution in [-0.4, -0.2) is 98.2 Å². The van der Waals surface area contributed by atoms with E-state index in [0.29, 0.717) is 48.2 Å². The SMILES string of the molecule is COC(=O)C1=C(C)NC(CC(=O)N2CCN(C3CC4CCC(C3)N4Cc3ccccc3OC)CC2)=C(C(=O)OC)C1c1c(Cl)cccc1Cl. The van der Waals surface area contributed by atoms with Crippen molar-refractivity contribution in [2.45, 2.75) is 69.6 Å². The van der Waals surface area contributed by atoms with Crippen LogP contribution in [0.5, 0.6) is 5.75 Å². The van der Waals surface area contributed by atoms with Gasteiger partial charge in [-0.25, -0.2) is 9.59 Å². The molecule has 0 saturated carbocycles. The molecule has 0 radical (unpaired) electrons. The number of para-hydroxylation sites is 1. The van der Waals surface area contributed by atoms with Gasteiger partial charge < -0.3 is 24.4 Å². The zero-order valence-electron chi connectivity index (χ0n) is 28.5. The molecule has 3 atom stereocenters. The molecule has 49 heavy (non-hydrogen) atoms. The third-order valence-corrected chi connectivity index (χ3v) is 11.3. The molecule has 4 aliphatic rings. The van der Waals surface area contributed by atoms with Crippen molar-refractivity contribution in [1.29, 1.82) is 0 Å². The topological polar surface area (TPSA) is 101 Å². The highest BCUT2D eigenvalue weighted by molar-refractivity contribution is 6.36. The second-order valence-corrected chi connectivity index (χ2v) is 14.0. The van der Waals surface area contributed by atoms with E-state index in [1.54, 1.807) is 32.2 Å². The fraction of sp³-hybridized carbons (Fsp3) is 0.486. The number of hydrogen-bond donors (Lipinski definition) is 1. The maximum atomic E-state index is 13.8. The smallest absolute Gasteiger partial charge is 0.336 e.